The number of aromatic hydroxyl groups is 1. The lowest BCUT2D eigenvalue weighted by molar-refractivity contribution is 0.0944. The summed E-state index contributed by atoms with van der Waals surface area (Å²) in [5, 5.41) is 17.8. The normalized spacial score (nSPS) is 14.3. The number of rotatable bonds is 4. The van der Waals surface area contributed by atoms with E-state index in [9.17, 15) is 19.1 Å². The van der Waals surface area contributed by atoms with Crippen molar-refractivity contribution in [2.45, 2.75) is 46.2 Å². The van der Waals surface area contributed by atoms with Crippen molar-refractivity contribution >= 4 is 11.6 Å². The Balaban J connectivity index is 1.93. The third kappa shape index (κ3) is 3.69. The summed E-state index contributed by atoms with van der Waals surface area (Å²) in [5.41, 5.74) is -0.518. The molecular weight excluding hydrogens is 379 g/mol. The minimum Gasteiger partial charge on any atom is -0.494 e. The summed E-state index contributed by atoms with van der Waals surface area (Å²) >= 11 is 0. The van der Waals surface area contributed by atoms with Gasteiger partial charge in [-0.15, -0.1) is 0 Å². The van der Waals surface area contributed by atoms with Crippen molar-refractivity contribution in [2.75, 3.05) is 0 Å². The number of carbonyl (C=O) groups excluding carboxylic acids is 1. The number of fused-ring (bicyclic) bond motifs is 1. The van der Waals surface area contributed by atoms with Gasteiger partial charge in [0, 0.05) is 18.7 Å². The molecule has 1 aliphatic rings. The smallest absolute Gasteiger partial charge is 0.291 e. The van der Waals surface area contributed by atoms with Gasteiger partial charge in [0.25, 0.3) is 11.5 Å². The second-order valence-corrected chi connectivity index (χ2v) is 8.42. The third-order valence-corrected chi connectivity index (χ3v) is 4.51. The molecule has 0 bridgehead atoms. The summed E-state index contributed by atoms with van der Waals surface area (Å²) < 4.78 is 15.6. The first-order valence-electron chi connectivity index (χ1n) is 9.28. The van der Waals surface area contributed by atoms with Gasteiger partial charge in [-0.2, -0.15) is 14.0 Å². The quantitative estimate of drug-likeness (QED) is 0.689. The topological polar surface area (TPSA) is 114 Å². The van der Waals surface area contributed by atoms with Crippen LogP contribution in [0.15, 0.2) is 23.3 Å². The molecule has 0 aromatic carbocycles. The number of aromatic nitrogens is 5. The van der Waals surface area contributed by atoms with Gasteiger partial charge in [0.05, 0.1) is 12.4 Å². The SMILES string of the molecule is CC(C)(C)Cn1c(O)c(C(=O)NC2CC2)c(=O)n2nc(-c3cnc(F)cn3)cc12. The van der Waals surface area contributed by atoms with Crippen molar-refractivity contribution in [3.63, 3.8) is 0 Å². The Morgan fingerprint density at radius 2 is 2.00 bits per heavy atom. The molecule has 1 saturated carbocycles. The fourth-order valence-electron chi connectivity index (χ4n) is 3.04. The van der Waals surface area contributed by atoms with Crippen molar-refractivity contribution in [2.24, 2.45) is 5.41 Å². The Bertz CT molecular complexity index is 1160. The van der Waals surface area contributed by atoms with Gasteiger partial charge in [0.1, 0.15) is 17.0 Å². The second-order valence-electron chi connectivity index (χ2n) is 8.42. The average Bonchev–Trinajstić information content (AvgIpc) is 3.33. The molecule has 0 aliphatic heterocycles. The fourth-order valence-corrected chi connectivity index (χ4v) is 3.04. The summed E-state index contributed by atoms with van der Waals surface area (Å²) in [6.45, 7) is 6.22. The molecule has 1 amide bonds. The van der Waals surface area contributed by atoms with Gasteiger partial charge < -0.3 is 10.4 Å². The number of halogens is 1. The molecule has 0 spiro atoms. The van der Waals surface area contributed by atoms with E-state index in [-0.39, 0.29) is 28.4 Å². The number of nitrogens with zero attached hydrogens (tertiary/aromatic N) is 5. The lowest BCUT2D eigenvalue weighted by Crippen LogP contribution is -2.35. The van der Waals surface area contributed by atoms with Crippen LogP contribution in [0.2, 0.25) is 0 Å². The van der Waals surface area contributed by atoms with Crippen LogP contribution in [0.4, 0.5) is 4.39 Å². The molecule has 0 radical (unpaired) electrons. The molecule has 0 unspecified atom stereocenters. The minimum absolute atomic E-state index is 0.0238. The molecule has 2 N–H and O–H groups in total. The summed E-state index contributed by atoms with van der Waals surface area (Å²) in [4.78, 5) is 33.1. The highest BCUT2D eigenvalue weighted by Gasteiger charge is 2.30. The van der Waals surface area contributed by atoms with Crippen LogP contribution in [0.5, 0.6) is 5.88 Å². The van der Waals surface area contributed by atoms with E-state index in [1.807, 2.05) is 20.8 Å². The number of nitrogens with one attached hydrogen (secondary N) is 1. The highest BCUT2D eigenvalue weighted by Crippen LogP contribution is 2.27. The molecule has 10 heteroatoms. The van der Waals surface area contributed by atoms with Crippen molar-refractivity contribution < 1.29 is 14.3 Å². The van der Waals surface area contributed by atoms with Gasteiger partial charge in [-0.3, -0.25) is 14.2 Å². The first kappa shape index (κ1) is 19.0. The molecule has 3 aromatic heterocycles. The molecule has 0 atom stereocenters. The van der Waals surface area contributed by atoms with Crippen LogP contribution in [0, 0.1) is 11.4 Å². The lowest BCUT2D eigenvalue weighted by Gasteiger charge is -2.23. The predicted octanol–water partition coefficient (Wildman–Crippen LogP) is 1.74. The second kappa shape index (κ2) is 6.64. The average molecular weight is 400 g/mol. The first-order valence-corrected chi connectivity index (χ1v) is 9.28. The molecule has 3 aromatic rings. The predicted molar refractivity (Wildman–Crippen MR) is 102 cm³/mol. The Hall–Kier alpha value is -3.30. The zero-order chi connectivity index (χ0) is 20.9. The van der Waals surface area contributed by atoms with Gasteiger partial charge in [-0.05, 0) is 18.3 Å². The van der Waals surface area contributed by atoms with Crippen LogP contribution >= 0.6 is 0 Å². The third-order valence-electron chi connectivity index (χ3n) is 4.51. The van der Waals surface area contributed by atoms with Crippen molar-refractivity contribution in [1.29, 1.82) is 0 Å². The van der Waals surface area contributed by atoms with E-state index >= 15 is 0 Å². The zero-order valence-corrected chi connectivity index (χ0v) is 16.3. The summed E-state index contributed by atoms with van der Waals surface area (Å²) in [6.07, 6.45) is 3.85. The molecule has 152 valence electrons. The Labute approximate surface area is 165 Å². The maximum Gasteiger partial charge on any atom is 0.291 e. The van der Waals surface area contributed by atoms with Crippen LogP contribution in [0.1, 0.15) is 44.0 Å². The molecule has 3 heterocycles. The molecular formula is C19H21FN6O3. The van der Waals surface area contributed by atoms with E-state index in [0.717, 1.165) is 23.6 Å². The molecule has 4 rings (SSSR count). The number of amides is 1. The monoisotopic (exact) mass is 400 g/mol. The maximum absolute atomic E-state index is 13.1. The fraction of sp³-hybridized carbons (Fsp3) is 0.421. The van der Waals surface area contributed by atoms with Crippen LogP contribution in [-0.4, -0.2) is 41.2 Å². The van der Waals surface area contributed by atoms with Crippen LogP contribution < -0.4 is 10.9 Å². The highest BCUT2D eigenvalue weighted by atomic mass is 19.1. The highest BCUT2D eigenvalue weighted by molar-refractivity contribution is 5.96. The van der Waals surface area contributed by atoms with Crippen LogP contribution in [-0.2, 0) is 6.54 Å². The first-order chi connectivity index (χ1) is 13.6. The maximum atomic E-state index is 13.1. The van der Waals surface area contributed by atoms with Crippen LogP contribution in [0.25, 0.3) is 17.0 Å². The van der Waals surface area contributed by atoms with Gasteiger partial charge in [0.2, 0.25) is 11.8 Å². The van der Waals surface area contributed by atoms with E-state index in [1.165, 1.54) is 10.8 Å². The van der Waals surface area contributed by atoms with Crippen LogP contribution in [0.3, 0.4) is 0 Å². The summed E-state index contributed by atoms with van der Waals surface area (Å²) in [7, 11) is 0. The minimum atomic E-state index is -0.735. The summed E-state index contributed by atoms with van der Waals surface area (Å²) in [6, 6.07) is 1.58. The van der Waals surface area contributed by atoms with E-state index in [0.29, 0.717) is 12.2 Å². The zero-order valence-electron chi connectivity index (χ0n) is 16.3. The number of carbonyl (C=O) groups is 1. The Morgan fingerprint density at radius 1 is 1.28 bits per heavy atom. The Morgan fingerprint density at radius 3 is 2.59 bits per heavy atom. The van der Waals surface area contributed by atoms with E-state index < -0.39 is 23.3 Å². The molecule has 29 heavy (non-hydrogen) atoms. The van der Waals surface area contributed by atoms with Crippen molar-refractivity contribution in [3.8, 4) is 17.3 Å². The number of hydrogen-bond acceptors (Lipinski definition) is 6. The Kier molecular flexibility index (Phi) is 4.36. The number of hydrogen-bond donors (Lipinski definition) is 2. The molecule has 1 aliphatic carbocycles. The standard InChI is InChI=1S/C19H21FN6O3/c1-19(2,3)9-25-14-6-11(12-7-22-13(20)8-21-12)24-26(14)18(29)15(17(25)28)16(27)23-10-4-5-10/h6-8,10,28H,4-5,9H2,1-3H3,(H,23,27). The van der Waals surface area contributed by atoms with Gasteiger partial charge in [-0.25, -0.2) is 9.97 Å². The van der Waals surface area contributed by atoms with Gasteiger partial charge >= 0.3 is 0 Å². The summed E-state index contributed by atoms with van der Waals surface area (Å²) in [5.74, 6) is -1.77. The van der Waals surface area contributed by atoms with E-state index in [1.54, 1.807) is 6.07 Å². The molecule has 0 saturated heterocycles. The molecule has 9 nitrogen and oxygen atoms in total. The molecule has 1 fully saturated rings. The van der Waals surface area contributed by atoms with Crippen molar-refractivity contribution in [3.05, 3.63) is 40.3 Å². The lowest BCUT2D eigenvalue weighted by atomic mass is 9.96. The van der Waals surface area contributed by atoms with Gasteiger partial charge in [-0.1, -0.05) is 20.8 Å². The van der Waals surface area contributed by atoms with Gasteiger partial charge in [0.15, 0.2) is 5.56 Å². The van der Waals surface area contributed by atoms with E-state index in [2.05, 4.69) is 20.4 Å². The van der Waals surface area contributed by atoms with E-state index in [4.69, 9.17) is 0 Å². The largest absolute Gasteiger partial charge is 0.494 e. The van der Waals surface area contributed by atoms with Crippen molar-refractivity contribution in [1.82, 2.24) is 29.5 Å².